The molecule has 0 saturated heterocycles. The lowest BCUT2D eigenvalue weighted by molar-refractivity contribution is 0.484. The summed E-state index contributed by atoms with van der Waals surface area (Å²) in [4.78, 5) is -0.278. The predicted molar refractivity (Wildman–Crippen MR) is 61.0 cm³/mol. The van der Waals surface area contributed by atoms with Crippen LogP contribution in [0.2, 0.25) is 0 Å². The van der Waals surface area contributed by atoms with E-state index in [9.17, 15) is 12.8 Å². The Kier molecular flexibility index (Phi) is 3.52. The zero-order valence-corrected chi connectivity index (χ0v) is 9.56. The van der Waals surface area contributed by atoms with E-state index >= 15 is 0 Å². The molecule has 3 nitrogen and oxygen atoms in total. The van der Waals surface area contributed by atoms with Crippen molar-refractivity contribution in [1.82, 2.24) is 0 Å². The molecule has 0 heterocycles. The summed E-state index contributed by atoms with van der Waals surface area (Å²) in [7, 11) is -4.31. The van der Waals surface area contributed by atoms with Crippen molar-refractivity contribution in [2.24, 2.45) is 0 Å². The van der Waals surface area contributed by atoms with E-state index in [1.54, 1.807) is 12.1 Å². The molecule has 2 rings (SSSR count). The van der Waals surface area contributed by atoms with Gasteiger partial charge >= 0.3 is 0 Å². The molecule has 0 aliphatic rings. The number of fused-ring (bicyclic) bond motifs is 1. The second-order valence-electron chi connectivity index (χ2n) is 3.07. The van der Waals surface area contributed by atoms with Gasteiger partial charge in [0.25, 0.3) is 10.1 Å². The molecule has 0 unspecified atom stereocenters. The van der Waals surface area contributed by atoms with Crippen LogP contribution in [0.15, 0.2) is 41.3 Å². The van der Waals surface area contributed by atoms with Gasteiger partial charge in [0, 0.05) is 10.8 Å². The van der Waals surface area contributed by atoms with E-state index in [0.717, 1.165) is 12.1 Å². The van der Waals surface area contributed by atoms with Crippen LogP contribution < -0.4 is 0 Å². The third-order valence-corrected chi connectivity index (χ3v) is 3.02. The highest BCUT2D eigenvalue weighted by Gasteiger charge is 2.15. The van der Waals surface area contributed by atoms with Crippen LogP contribution in [0.3, 0.4) is 0 Å². The molecule has 0 saturated carbocycles. The molecule has 2 aromatic rings. The summed E-state index contributed by atoms with van der Waals surface area (Å²) in [5.74, 6) is -0.516. The van der Waals surface area contributed by atoms with Gasteiger partial charge < -0.3 is 0 Å². The van der Waals surface area contributed by atoms with Crippen LogP contribution >= 0.6 is 12.4 Å². The Labute approximate surface area is 98.1 Å². The molecule has 2 aromatic carbocycles. The lowest BCUT2D eigenvalue weighted by Gasteiger charge is -2.03. The number of rotatable bonds is 1. The van der Waals surface area contributed by atoms with Crippen molar-refractivity contribution in [3.63, 3.8) is 0 Å². The Balaban J connectivity index is 0.00000128. The first-order valence-electron chi connectivity index (χ1n) is 4.15. The minimum atomic E-state index is -4.31. The Morgan fingerprint density at radius 1 is 1.00 bits per heavy atom. The van der Waals surface area contributed by atoms with Gasteiger partial charge in [-0.25, -0.2) is 4.39 Å². The molecule has 16 heavy (non-hydrogen) atoms. The summed E-state index contributed by atoms with van der Waals surface area (Å²) in [6.45, 7) is 0. The van der Waals surface area contributed by atoms with Gasteiger partial charge in [-0.1, -0.05) is 24.3 Å². The largest absolute Gasteiger partial charge is 0.295 e. The quantitative estimate of drug-likeness (QED) is 0.804. The maximum Gasteiger partial charge on any atom is 0.295 e. The van der Waals surface area contributed by atoms with Crippen LogP contribution in [0, 0.1) is 5.82 Å². The highest BCUT2D eigenvalue weighted by atomic mass is 35.5. The predicted octanol–water partition coefficient (Wildman–Crippen LogP) is 2.65. The summed E-state index contributed by atoms with van der Waals surface area (Å²) in [5, 5.41) is 0.354. The molecule has 6 heteroatoms. The fourth-order valence-corrected chi connectivity index (χ4v) is 2.16. The molecule has 86 valence electrons. The van der Waals surface area contributed by atoms with Gasteiger partial charge in [0.1, 0.15) is 10.7 Å². The highest BCUT2D eigenvalue weighted by Crippen LogP contribution is 2.24. The average Bonchev–Trinajstić information content (AvgIpc) is 2.17. The van der Waals surface area contributed by atoms with Crippen molar-refractivity contribution in [2.75, 3.05) is 0 Å². The topological polar surface area (TPSA) is 54.4 Å². The zero-order chi connectivity index (χ0) is 11.1. The molecule has 0 aliphatic heterocycles. The van der Waals surface area contributed by atoms with Gasteiger partial charge in [-0.15, -0.1) is 12.4 Å². The van der Waals surface area contributed by atoms with Crippen molar-refractivity contribution in [1.29, 1.82) is 0 Å². The Bertz CT molecular complexity index is 625. The molecule has 0 aliphatic carbocycles. The number of benzene rings is 2. The molecule has 0 atom stereocenters. The van der Waals surface area contributed by atoms with E-state index in [4.69, 9.17) is 4.55 Å². The molecule has 0 spiro atoms. The van der Waals surface area contributed by atoms with Gasteiger partial charge in [0.15, 0.2) is 0 Å². The highest BCUT2D eigenvalue weighted by molar-refractivity contribution is 7.86. The normalized spacial score (nSPS) is 11.1. The summed E-state index contributed by atoms with van der Waals surface area (Å²) in [5.41, 5.74) is 0. The molecular weight excluding hydrogens is 255 g/mol. The van der Waals surface area contributed by atoms with Crippen molar-refractivity contribution in [3.8, 4) is 0 Å². The van der Waals surface area contributed by atoms with Gasteiger partial charge in [-0.3, -0.25) is 4.55 Å². The number of halogens is 2. The van der Waals surface area contributed by atoms with Gasteiger partial charge in [0.2, 0.25) is 0 Å². The lowest BCUT2D eigenvalue weighted by atomic mass is 10.1. The second kappa shape index (κ2) is 4.37. The zero-order valence-electron chi connectivity index (χ0n) is 7.92. The van der Waals surface area contributed by atoms with Crippen molar-refractivity contribution >= 4 is 33.3 Å². The van der Waals surface area contributed by atoms with E-state index in [-0.39, 0.29) is 28.1 Å². The Morgan fingerprint density at radius 2 is 1.56 bits per heavy atom. The molecule has 1 N–H and O–H groups in total. The standard InChI is InChI=1S/C10H7FO3S.ClH/c11-9-5-6-10(15(12,13)14)8-4-2-1-3-7(8)9;/h1-6H,(H,12,13,14);1H. The van der Waals surface area contributed by atoms with Gasteiger partial charge in [-0.05, 0) is 12.1 Å². The summed E-state index contributed by atoms with van der Waals surface area (Å²) in [6, 6.07) is 8.15. The summed E-state index contributed by atoms with van der Waals surface area (Å²) < 4.78 is 44.2. The minimum absolute atomic E-state index is 0. The first-order valence-corrected chi connectivity index (χ1v) is 5.59. The van der Waals surface area contributed by atoms with Crippen LogP contribution in [-0.4, -0.2) is 13.0 Å². The molecule has 0 bridgehead atoms. The maximum absolute atomic E-state index is 13.3. The van der Waals surface area contributed by atoms with E-state index in [1.807, 2.05) is 0 Å². The summed E-state index contributed by atoms with van der Waals surface area (Å²) in [6.07, 6.45) is 0. The lowest BCUT2D eigenvalue weighted by Crippen LogP contribution is -1.99. The van der Waals surface area contributed by atoms with E-state index < -0.39 is 15.9 Å². The SMILES string of the molecule is Cl.O=S(=O)(O)c1ccc(F)c2ccccc12. The monoisotopic (exact) mass is 262 g/mol. The number of hydrogen-bond acceptors (Lipinski definition) is 2. The Hall–Kier alpha value is -1.17. The molecule has 0 radical (unpaired) electrons. The molecule has 0 aromatic heterocycles. The van der Waals surface area contributed by atoms with E-state index in [2.05, 4.69) is 0 Å². The average molecular weight is 263 g/mol. The fraction of sp³-hybridized carbons (Fsp3) is 0. The van der Waals surface area contributed by atoms with E-state index in [1.165, 1.54) is 12.1 Å². The number of hydrogen-bond donors (Lipinski definition) is 1. The van der Waals surface area contributed by atoms with Crippen LogP contribution in [-0.2, 0) is 10.1 Å². The van der Waals surface area contributed by atoms with Gasteiger partial charge in [-0.2, -0.15) is 8.42 Å². The molecule has 0 amide bonds. The van der Waals surface area contributed by atoms with E-state index in [0.29, 0.717) is 0 Å². The fourth-order valence-electron chi connectivity index (χ4n) is 1.46. The van der Waals surface area contributed by atoms with Crippen LogP contribution in [0.25, 0.3) is 10.8 Å². The molecule has 0 fully saturated rings. The smallest absolute Gasteiger partial charge is 0.282 e. The third kappa shape index (κ3) is 2.16. The Morgan fingerprint density at radius 3 is 2.12 bits per heavy atom. The van der Waals surface area contributed by atoms with Gasteiger partial charge in [0.05, 0.1) is 0 Å². The van der Waals surface area contributed by atoms with Crippen LogP contribution in [0.5, 0.6) is 0 Å². The van der Waals surface area contributed by atoms with Crippen molar-refractivity contribution < 1.29 is 17.4 Å². The van der Waals surface area contributed by atoms with Crippen molar-refractivity contribution in [3.05, 3.63) is 42.2 Å². The van der Waals surface area contributed by atoms with Crippen molar-refractivity contribution in [2.45, 2.75) is 4.90 Å². The van der Waals surface area contributed by atoms with Crippen LogP contribution in [0.1, 0.15) is 0 Å². The first-order chi connectivity index (χ1) is 7.00. The second-order valence-corrected chi connectivity index (χ2v) is 4.46. The summed E-state index contributed by atoms with van der Waals surface area (Å²) >= 11 is 0. The minimum Gasteiger partial charge on any atom is -0.282 e. The molecular formula is C10H8ClFO3S. The third-order valence-electron chi connectivity index (χ3n) is 2.11. The van der Waals surface area contributed by atoms with Crippen LogP contribution in [0.4, 0.5) is 4.39 Å². The maximum atomic E-state index is 13.3. The first kappa shape index (κ1) is 12.9.